The van der Waals surface area contributed by atoms with Gasteiger partial charge in [-0.15, -0.1) is 0 Å². The van der Waals surface area contributed by atoms with Gasteiger partial charge in [-0.25, -0.2) is 0 Å². The van der Waals surface area contributed by atoms with Gasteiger partial charge in [-0.05, 0) is 81.4 Å². The van der Waals surface area contributed by atoms with Crippen LogP contribution in [0.1, 0.15) is 36.5 Å². The Morgan fingerprint density at radius 2 is 1.50 bits per heavy atom. The van der Waals surface area contributed by atoms with Gasteiger partial charge in [-0.1, -0.05) is 6.42 Å². The van der Waals surface area contributed by atoms with Crippen molar-refractivity contribution in [1.29, 1.82) is 0 Å². The lowest BCUT2D eigenvalue weighted by Gasteiger charge is -2.25. The van der Waals surface area contributed by atoms with Gasteiger partial charge in [0, 0.05) is 16.9 Å². The van der Waals surface area contributed by atoms with E-state index in [0.29, 0.717) is 30.1 Å². The molecular formula is C22H27N3O3. The first kappa shape index (κ1) is 19.9. The van der Waals surface area contributed by atoms with Crippen LogP contribution >= 0.6 is 0 Å². The van der Waals surface area contributed by atoms with Gasteiger partial charge in [0.25, 0.3) is 5.91 Å². The lowest BCUT2D eigenvalue weighted by atomic mass is 10.1. The molecule has 2 aromatic carbocycles. The van der Waals surface area contributed by atoms with Crippen LogP contribution in [0.25, 0.3) is 0 Å². The number of hydrogen-bond acceptors (Lipinski definition) is 4. The second kappa shape index (κ2) is 9.90. The summed E-state index contributed by atoms with van der Waals surface area (Å²) in [7, 11) is 0. The van der Waals surface area contributed by atoms with E-state index in [0.717, 1.165) is 31.7 Å². The normalized spacial score (nSPS) is 14.3. The third-order valence-electron chi connectivity index (χ3n) is 4.67. The van der Waals surface area contributed by atoms with Gasteiger partial charge in [-0.2, -0.15) is 0 Å². The maximum absolute atomic E-state index is 12.4. The van der Waals surface area contributed by atoms with Gasteiger partial charge in [-0.3, -0.25) is 14.5 Å². The second-order valence-corrected chi connectivity index (χ2v) is 6.87. The fourth-order valence-electron chi connectivity index (χ4n) is 3.23. The minimum Gasteiger partial charge on any atom is -0.494 e. The van der Waals surface area contributed by atoms with Gasteiger partial charge < -0.3 is 15.4 Å². The van der Waals surface area contributed by atoms with E-state index in [1.807, 2.05) is 19.1 Å². The lowest BCUT2D eigenvalue weighted by molar-refractivity contribution is -0.117. The Hall–Kier alpha value is -2.86. The van der Waals surface area contributed by atoms with Gasteiger partial charge in [0.2, 0.25) is 5.91 Å². The number of ether oxygens (including phenoxy) is 1. The van der Waals surface area contributed by atoms with E-state index >= 15 is 0 Å². The van der Waals surface area contributed by atoms with E-state index in [2.05, 4.69) is 15.5 Å². The van der Waals surface area contributed by atoms with Crippen LogP contribution in [0.15, 0.2) is 48.5 Å². The highest BCUT2D eigenvalue weighted by molar-refractivity contribution is 6.04. The summed E-state index contributed by atoms with van der Waals surface area (Å²) in [6, 6.07) is 14.2. The van der Waals surface area contributed by atoms with Crippen molar-refractivity contribution in [2.24, 2.45) is 0 Å². The van der Waals surface area contributed by atoms with Crippen LogP contribution in [0.3, 0.4) is 0 Å². The number of carbonyl (C=O) groups is 2. The highest BCUT2D eigenvalue weighted by Gasteiger charge is 2.14. The third-order valence-corrected chi connectivity index (χ3v) is 4.67. The van der Waals surface area contributed by atoms with Gasteiger partial charge >= 0.3 is 0 Å². The maximum atomic E-state index is 12.4. The van der Waals surface area contributed by atoms with Crippen molar-refractivity contribution in [2.45, 2.75) is 26.2 Å². The van der Waals surface area contributed by atoms with Crippen LogP contribution < -0.4 is 15.4 Å². The predicted octanol–water partition coefficient (Wildman–Crippen LogP) is 3.76. The molecule has 0 bridgehead atoms. The molecule has 0 spiro atoms. The number of amides is 2. The van der Waals surface area contributed by atoms with Crippen molar-refractivity contribution in [3.8, 4) is 5.75 Å². The molecule has 2 aromatic rings. The number of anilines is 2. The first-order valence-electron chi connectivity index (χ1n) is 9.80. The molecule has 2 N–H and O–H groups in total. The quantitative estimate of drug-likeness (QED) is 0.766. The molecule has 2 amide bonds. The van der Waals surface area contributed by atoms with E-state index < -0.39 is 0 Å². The van der Waals surface area contributed by atoms with Crippen molar-refractivity contribution in [2.75, 3.05) is 36.9 Å². The Labute approximate surface area is 165 Å². The number of rotatable bonds is 7. The number of hydrogen-bond donors (Lipinski definition) is 2. The molecule has 0 aromatic heterocycles. The van der Waals surface area contributed by atoms with Crippen LogP contribution in [-0.2, 0) is 4.79 Å². The molecule has 0 saturated carbocycles. The van der Waals surface area contributed by atoms with Gasteiger partial charge in [0.15, 0.2) is 0 Å². The number of nitrogens with zero attached hydrogens (tertiary/aromatic N) is 1. The molecule has 0 unspecified atom stereocenters. The zero-order valence-electron chi connectivity index (χ0n) is 16.2. The zero-order chi connectivity index (χ0) is 19.8. The minimum atomic E-state index is -0.199. The molecule has 0 atom stereocenters. The van der Waals surface area contributed by atoms with Crippen LogP contribution in [0.5, 0.6) is 5.75 Å². The van der Waals surface area contributed by atoms with Crippen molar-refractivity contribution >= 4 is 23.2 Å². The Bertz CT molecular complexity index is 782. The monoisotopic (exact) mass is 381 g/mol. The molecular weight excluding hydrogens is 354 g/mol. The fraction of sp³-hybridized carbons (Fsp3) is 0.364. The Kier molecular flexibility index (Phi) is 7.03. The van der Waals surface area contributed by atoms with Crippen LogP contribution in [-0.4, -0.2) is 43.0 Å². The van der Waals surface area contributed by atoms with Crippen LogP contribution in [0.4, 0.5) is 11.4 Å². The molecule has 6 heteroatoms. The highest BCUT2D eigenvalue weighted by atomic mass is 16.5. The summed E-state index contributed by atoms with van der Waals surface area (Å²) < 4.78 is 5.39. The van der Waals surface area contributed by atoms with Crippen molar-refractivity contribution in [3.63, 3.8) is 0 Å². The fourth-order valence-corrected chi connectivity index (χ4v) is 3.23. The van der Waals surface area contributed by atoms with Crippen molar-refractivity contribution in [1.82, 2.24) is 4.90 Å². The number of piperidine rings is 1. The molecule has 0 radical (unpaired) electrons. The smallest absolute Gasteiger partial charge is 0.255 e. The average molecular weight is 381 g/mol. The van der Waals surface area contributed by atoms with E-state index in [1.165, 1.54) is 6.42 Å². The molecule has 28 heavy (non-hydrogen) atoms. The molecule has 1 aliphatic rings. The van der Waals surface area contributed by atoms with Crippen molar-refractivity contribution < 1.29 is 14.3 Å². The van der Waals surface area contributed by atoms with Gasteiger partial charge in [0.1, 0.15) is 5.75 Å². The molecule has 6 nitrogen and oxygen atoms in total. The molecule has 1 fully saturated rings. The maximum Gasteiger partial charge on any atom is 0.255 e. The number of nitrogens with one attached hydrogen (secondary N) is 2. The third kappa shape index (κ3) is 5.82. The topological polar surface area (TPSA) is 70.7 Å². The average Bonchev–Trinajstić information content (AvgIpc) is 2.71. The molecule has 3 rings (SSSR count). The van der Waals surface area contributed by atoms with Gasteiger partial charge in [0.05, 0.1) is 13.2 Å². The van der Waals surface area contributed by atoms with Crippen molar-refractivity contribution in [3.05, 3.63) is 54.1 Å². The molecule has 1 saturated heterocycles. The molecule has 1 aliphatic heterocycles. The summed E-state index contributed by atoms with van der Waals surface area (Å²) in [5.41, 5.74) is 1.93. The Balaban J connectivity index is 1.51. The van der Waals surface area contributed by atoms with E-state index in [9.17, 15) is 9.59 Å². The summed E-state index contributed by atoms with van der Waals surface area (Å²) in [4.78, 5) is 26.7. The number of benzene rings is 2. The summed E-state index contributed by atoms with van der Waals surface area (Å²) >= 11 is 0. The Morgan fingerprint density at radius 3 is 2.14 bits per heavy atom. The lowest BCUT2D eigenvalue weighted by Crippen LogP contribution is -2.36. The summed E-state index contributed by atoms with van der Waals surface area (Å²) in [5, 5.41) is 5.75. The zero-order valence-corrected chi connectivity index (χ0v) is 16.2. The summed E-state index contributed by atoms with van der Waals surface area (Å²) in [6.07, 6.45) is 3.56. The van der Waals surface area contributed by atoms with E-state index in [-0.39, 0.29) is 11.8 Å². The first-order valence-corrected chi connectivity index (χ1v) is 9.80. The largest absolute Gasteiger partial charge is 0.494 e. The predicted molar refractivity (Wildman–Crippen MR) is 111 cm³/mol. The number of carbonyl (C=O) groups excluding carboxylic acids is 2. The van der Waals surface area contributed by atoms with E-state index in [1.54, 1.807) is 36.4 Å². The second-order valence-electron chi connectivity index (χ2n) is 6.87. The Morgan fingerprint density at radius 1 is 0.893 bits per heavy atom. The molecule has 0 aliphatic carbocycles. The van der Waals surface area contributed by atoms with E-state index in [4.69, 9.17) is 4.74 Å². The SMILES string of the molecule is CCOc1ccc(NC(=O)c2ccc(NC(=O)CN3CCCCC3)cc2)cc1. The molecule has 148 valence electrons. The highest BCUT2D eigenvalue weighted by Crippen LogP contribution is 2.17. The van der Waals surface area contributed by atoms with Crippen LogP contribution in [0, 0.1) is 0 Å². The minimum absolute atomic E-state index is 0.0199. The first-order chi connectivity index (χ1) is 13.6. The van der Waals surface area contributed by atoms with Crippen LogP contribution in [0.2, 0.25) is 0 Å². The standard InChI is InChI=1S/C22H27N3O3/c1-2-28-20-12-10-19(11-13-20)24-22(27)17-6-8-18(9-7-17)23-21(26)16-25-14-4-3-5-15-25/h6-13H,2-5,14-16H2,1H3,(H,23,26)(H,24,27). The number of likely N-dealkylation sites (tertiary alicyclic amines) is 1. The molecule has 1 heterocycles. The summed E-state index contributed by atoms with van der Waals surface area (Å²) in [5.74, 6) is 0.550. The summed E-state index contributed by atoms with van der Waals surface area (Å²) in [6.45, 7) is 4.91.